The Morgan fingerprint density at radius 3 is 2.80 bits per heavy atom. The number of carbonyl (C=O) groups excluding carboxylic acids is 1. The van der Waals surface area contributed by atoms with Gasteiger partial charge in [-0.25, -0.2) is 0 Å². The first-order valence-corrected chi connectivity index (χ1v) is 7.54. The second kappa shape index (κ2) is 5.26. The van der Waals surface area contributed by atoms with E-state index in [1.165, 1.54) is 12.8 Å². The number of amides is 1. The standard InChI is InChI=1S/C15H20ClN3O/c1-9-6-11(8-19(9)12-3-4-12)18-10-2-5-13(15(17)20)14(16)7-10/h2,5,7,9,11-12,18H,3-4,6,8H2,1H3,(H2,17,20). The summed E-state index contributed by atoms with van der Waals surface area (Å²) in [6.45, 7) is 3.38. The Kier molecular flexibility index (Phi) is 3.61. The lowest BCUT2D eigenvalue weighted by Crippen LogP contribution is -2.31. The van der Waals surface area contributed by atoms with E-state index in [2.05, 4.69) is 17.1 Å². The zero-order chi connectivity index (χ0) is 14.3. The van der Waals surface area contributed by atoms with Gasteiger partial charge in [-0.05, 0) is 44.4 Å². The van der Waals surface area contributed by atoms with Crippen molar-refractivity contribution in [3.63, 3.8) is 0 Å². The number of nitrogens with two attached hydrogens (primary N) is 1. The first kappa shape index (κ1) is 13.7. The number of carbonyl (C=O) groups is 1. The van der Waals surface area contributed by atoms with Crippen molar-refractivity contribution in [3.05, 3.63) is 28.8 Å². The van der Waals surface area contributed by atoms with Gasteiger partial charge in [0.2, 0.25) is 5.91 Å². The molecule has 1 aliphatic carbocycles. The fraction of sp³-hybridized carbons (Fsp3) is 0.533. The van der Waals surface area contributed by atoms with Gasteiger partial charge in [-0.15, -0.1) is 0 Å². The van der Waals surface area contributed by atoms with Crippen LogP contribution in [-0.2, 0) is 0 Å². The lowest BCUT2D eigenvalue weighted by atomic mass is 10.1. The second-order valence-corrected chi connectivity index (χ2v) is 6.32. The Labute approximate surface area is 124 Å². The van der Waals surface area contributed by atoms with E-state index in [-0.39, 0.29) is 0 Å². The Hall–Kier alpha value is -1.26. The maximum Gasteiger partial charge on any atom is 0.250 e. The average molecular weight is 294 g/mol. The van der Waals surface area contributed by atoms with Gasteiger partial charge in [0.1, 0.15) is 0 Å². The van der Waals surface area contributed by atoms with Crippen LogP contribution in [0.1, 0.15) is 36.5 Å². The van der Waals surface area contributed by atoms with Crippen LogP contribution < -0.4 is 11.1 Å². The van der Waals surface area contributed by atoms with Crippen LogP contribution in [0.15, 0.2) is 18.2 Å². The highest BCUT2D eigenvalue weighted by atomic mass is 35.5. The zero-order valence-electron chi connectivity index (χ0n) is 11.6. The topological polar surface area (TPSA) is 58.4 Å². The Bertz CT molecular complexity index is 530. The van der Waals surface area contributed by atoms with Crippen LogP contribution in [0.25, 0.3) is 0 Å². The zero-order valence-corrected chi connectivity index (χ0v) is 12.4. The van der Waals surface area contributed by atoms with Crippen molar-refractivity contribution in [2.75, 3.05) is 11.9 Å². The predicted octanol–water partition coefficient (Wildman–Crippen LogP) is 2.48. The van der Waals surface area contributed by atoms with Crippen molar-refractivity contribution in [3.8, 4) is 0 Å². The summed E-state index contributed by atoms with van der Waals surface area (Å²) in [4.78, 5) is 13.8. The highest BCUT2D eigenvalue weighted by Gasteiger charge is 2.38. The summed E-state index contributed by atoms with van der Waals surface area (Å²) in [6.07, 6.45) is 3.83. The molecule has 2 unspecified atom stereocenters. The SMILES string of the molecule is CC1CC(Nc2ccc(C(N)=O)c(Cl)c2)CN1C1CC1. The molecule has 0 bridgehead atoms. The molecule has 1 aromatic carbocycles. The number of benzene rings is 1. The summed E-state index contributed by atoms with van der Waals surface area (Å²) >= 11 is 6.08. The van der Waals surface area contributed by atoms with Gasteiger partial charge in [-0.1, -0.05) is 11.6 Å². The van der Waals surface area contributed by atoms with E-state index in [0.717, 1.165) is 24.7 Å². The van der Waals surface area contributed by atoms with Crippen molar-refractivity contribution < 1.29 is 4.79 Å². The molecule has 20 heavy (non-hydrogen) atoms. The monoisotopic (exact) mass is 293 g/mol. The molecule has 1 saturated carbocycles. The van der Waals surface area contributed by atoms with Gasteiger partial charge in [0.05, 0.1) is 10.6 Å². The Morgan fingerprint density at radius 1 is 1.45 bits per heavy atom. The molecule has 0 spiro atoms. The van der Waals surface area contributed by atoms with Crippen molar-refractivity contribution in [1.29, 1.82) is 0 Å². The lowest BCUT2D eigenvalue weighted by molar-refractivity contribution is 0.100. The molecule has 1 aliphatic heterocycles. The number of anilines is 1. The van der Waals surface area contributed by atoms with Crippen molar-refractivity contribution in [2.45, 2.75) is 44.3 Å². The van der Waals surface area contributed by atoms with Gasteiger partial charge in [0, 0.05) is 30.4 Å². The van der Waals surface area contributed by atoms with E-state index in [4.69, 9.17) is 17.3 Å². The molecule has 2 aliphatic rings. The first-order valence-electron chi connectivity index (χ1n) is 7.16. The summed E-state index contributed by atoms with van der Waals surface area (Å²) in [6, 6.07) is 7.23. The average Bonchev–Trinajstić information content (AvgIpc) is 3.14. The van der Waals surface area contributed by atoms with E-state index >= 15 is 0 Å². The van der Waals surface area contributed by atoms with E-state index < -0.39 is 5.91 Å². The van der Waals surface area contributed by atoms with Crippen LogP contribution in [-0.4, -0.2) is 35.5 Å². The molecule has 5 heteroatoms. The second-order valence-electron chi connectivity index (χ2n) is 5.91. The summed E-state index contributed by atoms with van der Waals surface area (Å²) < 4.78 is 0. The number of nitrogens with zero attached hydrogens (tertiary/aromatic N) is 1. The third kappa shape index (κ3) is 2.76. The third-order valence-electron chi connectivity index (χ3n) is 4.24. The largest absolute Gasteiger partial charge is 0.381 e. The van der Waals surface area contributed by atoms with Gasteiger partial charge in [-0.2, -0.15) is 0 Å². The van der Waals surface area contributed by atoms with E-state index in [9.17, 15) is 4.79 Å². The minimum absolute atomic E-state index is 0.372. The summed E-state index contributed by atoms with van der Waals surface area (Å²) in [5.41, 5.74) is 6.58. The fourth-order valence-corrected chi connectivity index (χ4v) is 3.39. The van der Waals surface area contributed by atoms with Crippen molar-refractivity contribution in [2.24, 2.45) is 5.73 Å². The highest BCUT2D eigenvalue weighted by molar-refractivity contribution is 6.34. The molecule has 2 atom stereocenters. The normalized spacial score (nSPS) is 26.7. The van der Waals surface area contributed by atoms with Crippen LogP contribution in [0.5, 0.6) is 0 Å². The number of hydrogen-bond acceptors (Lipinski definition) is 3. The molecular formula is C15H20ClN3O. The summed E-state index contributed by atoms with van der Waals surface area (Å²) in [5.74, 6) is -0.490. The number of halogens is 1. The third-order valence-corrected chi connectivity index (χ3v) is 4.56. The van der Waals surface area contributed by atoms with Crippen LogP contribution in [0, 0.1) is 0 Å². The molecule has 0 aromatic heterocycles. The number of hydrogen-bond donors (Lipinski definition) is 2. The molecule has 3 N–H and O–H groups in total. The predicted molar refractivity (Wildman–Crippen MR) is 81.2 cm³/mol. The molecule has 1 heterocycles. The maximum atomic E-state index is 11.2. The maximum absolute atomic E-state index is 11.2. The van der Waals surface area contributed by atoms with Gasteiger partial charge in [-0.3, -0.25) is 9.69 Å². The molecule has 3 rings (SSSR count). The van der Waals surface area contributed by atoms with E-state index in [1.54, 1.807) is 12.1 Å². The van der Waals surface area contributed by atoms with Gasteiger partial charge in [0.25, 0.3) is 0 Å². The molecule has 0 radical (unpaired) electrons. The Morgan fingerprint density at radius 2 is 2.20 bits per heavy atom. The molecule has 1 saturated heterocycles. The highest BCUT2D eigenvalue weighted by Crippen LogP contribution is 2.34. The number of primary amides is 1. The minimum Gasteiger partial charge on any atom is -0.381 e. The molecule has 1 amide bonds. The molecular weight excluding hydrogens is 274 g/mol. The summed E-state index contributed by atoms with van der Waals surface area (Å²) in [7, 11) is 0. The number of rotatable bonds is 4. The van der Waals surface area contributed by atoms with Crippen LogP contribution in [0.4, 0.5) is 5.69 Å². The number of likely N-dealkylation sites (tertiary alicyclic amines) is 1. The van der Waals surface area contributed by atoms with Crippen molar-refractivity contribution in [1.82, 2.24) is 4.90 Å². The quantitative estimate of drug-likeness (QED) is 0.896. The molecule has 1 aromatic rings. The minimum atomic E-state index is -0.490. The van der Waals surface area contributed by atoms with Crippen molar-refractivity contribution >= 4 is 23.2 Å². The van der Waals surface area contributed by atoms with Crippen LogP contribution >= 0.6 is 11.6 Å². The number of nitrogens with one attached hydrogen (secondary N) is 1. The molecule has 4 nitrogen and oxygen atoms in total. The fourth-order valence-electron chi connectivity index (χ4n) is 3.12. The first-order chi connectivity index (χ1) is 9.54. The van der Waals surface area contributed by atoms with E-state index in [1.807, 2.05) is 6.07 Å². The molecule has 2 fully saturated rings. The van der Waals surface area contributed by atoms with Crippen LogP contribution in [0.3, 0.4) is 0 Å². The van der Waals surface area contributed by atoms with E-state index in [0.29, 0.717) is 22.7 Å². The van der Waals surface area contributed by atoms with Gasteiger partial charge >= 0.3 is 0 Å². The van der Waals surface area contributed by atoms with Crippen LogP contribution in [0.2, 0.25) is 5.02 Å². The molecule has 108 valence electrons. The van der Waals surface area contributed by atoms with Gasteiger partial charge < -0.3 is 11.1 Å². The smallest absolute Gasteiger partial charge is 0.250 e. The summed E-state index contributed by atoms with van der Waals surface area (Å²) in [5, 5.41) is 3.92. The Balaban J connectivity index is 1.66. The van der Waals surface area contributed by atoms with Gasteiger partial charge in [0.15, 0.2) is 0 Å². The lowest BCUT2D eigenvalue weighted by Gasteiger charge is -2.20.